The van der Waals surface area contributed by atoms with Gasteiger partial charge >= 0.3 is 0 Å². The Morgan fingerprint density at radius 1 is 1.18 bits per heavy atom. The van der Waals surface area contributed by atoms with E-state index in [-0.39, 0.29) is 5.91 Å². The maximum absolute atomic E-state index is 12.8. The molecule has 146 valence electrons. The van der Waals surface area contributed by atoms with E-state index in [2.05, 4.69) is 16.2 Å². The van der Waals surface area contributed by atoms with Gasteiger partial charge in [-0.1, -0.05) is 6.07 Å². The van der Waals surface area contributed by atoms with Crippen LogP contribution >= 0.6 is 0 Å². The van der Waals surface area contributed by atoms with Crippen LogP contribution in [0.5, 0.6) is 11.5 Å². The minimum atomic E-state index is 0.155. The van der Waals surface area contributed by atoms with E-state index < -0.39 is 0 Å². The number of nitrogens with zero attached hydrogens (tertiary/aromatic N) is 2. The second-order valence-corrected chi connectivity index (χ2v) is 7.16. The number of hydrogen-bond acceptors (Lipinski definition) is 4. The average molecular weight is 379 g/mol. The molecular formula is C22H25N3O3. The molecule has 1 saturated heterocycles. The van der Waals surface area contributed by atoms with Crippen LogP contribution in [0.3, 0.4) is 0 Å². The molecule has 1 N–H and O–H groups in total. The van der Waals surface area contributed by atoms with Crippen LogP contribution in [0, 0.1) is 0 Å². The summed E-state index contributed by atoms with van der Waals surface area (Å²) in [6.45, 7) is 1.55. The number of H-pyrrole nitrogens is 1. The Hall–Kier alpha value is -3.02. The summed E-state index contributed by atoms with van der Waals surface area (Å²) in [6.07, 6.45) is 6.20. The number of nitrogens with one attached hydrogen (secondary N) is 1. The zero-order chi connectivity index (χ0) is 19.5. The Balaban J connectivity index is 1.39. The van der Waals surface area contributed by atoms with Crippen molar-refractivity contribution in [2.75, 3.05) is 27.3 Å². The topological polar surface area (TPSA) is 67.5 Å². The minimum absolute atomic E-state index is 0.155. The number of amides is 1. The lowest BCUT2D eigenvalue weighted by Crippen LogP contribution is -2.38. The number of methoxy groups -OCH3 is 2. The molecule has 0 spiro atoms. The van der Waals surface area contributed by atoms with E-state index in [0.29, 0.717) is 23.8 Å². The molecule has 1 amide bonds. The third-order valence-corrected chi connectivity index (χ3v) is 5.56. The lowest BCUT2D eigenvalue weighted by atomic mass is 9.90. The van der Waals surface area contributed by atoms with Crippen molar-refractivity contribution in [3.05, 3.63) is 53.9 Å². The van der Waals surface area contributed by atoms with Gasteiger partial charge in [-0.05, 0) is 54.2 Å². The average Bonchev–Trinajstić information content (AvgIpc) is 3.18. The second kappa shape index (κ2) is 7.92. The van der Waals surface area contributed by atoms with Crippen LogP contribution < -0.4 is 9.47 Å². The fourth-order valence-electron chi connectivity index (χ4n) is 4.00. The molecule has 0 bridgehead atoms. The summed E-state index contributed by atoms with van der Waals surface area (Å²) < 4.78 is 10.6. The molecule has 1 aliphatic rings. The van der Waals surface area contributed by atoms with Crippen LogP contribution in [0.1, 0.15) is 29.9 Å². The standard InChI is InChI=1S/C22H25N3O3/c1-27-19-6-5-15(12-20(19)28-2)13-21(26)25-10-7-16(8-11-25)17-14-24-18-4-3-9-23-22(17)18/h3-6,9,12,14,16,24H,7-8,10-11,13H2,1-2H3. The van der Waals surface area contributed by atoms with Gasteiger partial charge in [0.1, 0.15) is 0 Å². The summed E-state index contributed by atoms with van der Waals surface area (Å²) in [5.41, 5.74) is 4.33. The van der Waals surface area contributed by atoms with Gasteiger partial charge in [0.2, 0.25) is 5.91 Å². The van der Waals surface area contributed by atoms with E-state index in [0.717, 1.165) is 42.5 Å². The maximum Gasteiger partial charge on any atom is 0.226 e. The monoisotopic (exact) mass is 379 g/mol. The van der Waals surface area contributed by atoms with Crippen LogP contribution in [-0.2, 0) is 11.2 Å². The van der Waals surface area contributed by atoms with E-state index in [9.17, 15) is 4.79 Å². The van der Waals surface area contributed by atoms with Gasteiger partial charge in [-0.25, -0.2) is 0 Å². The summed E-state index contributed by atoms with van der Waals surface area (Å²) in [7, 11) is 3.21. The van der Waals surface area contributed by atoms with Crippen molar-refractivity contribution in [2.45, 2.75) is 25.2 Å². The number of likely N-dealkylation sites (tertiary alicyclic amines) is 1. The third-order valence-electron chi connectivity index (χ3n) is 5.56. The molecule has 0 saturated carbocycles. The fraction of sp³-hybridized carbons (Fsp3) is 0.364. The van der Waals surface area contributed by atoms with Gasteiger partial charge in [-0.3, -0.25) is 9.78 Å². The number of benzene rings is 1. The number of carbonyl (C=O) groups excluding carboxylic acids is 1. The van der Waals surface area contributed by atoms with E-state index in [4.69, 9.17) is 9.47 Å². The van der Waals surface area contributed by atoms with E-state index in [1.165, 1.54) is 5.56 Å². The molecule has 2 aromatic heterocycles. The Bertz CT molecular complexity index is 974. The molecule has 0 aliphatic carbocycles. The van der Waals surface area contributed by atoms with Crippen molar-refractivity contribution in [1.82, 2.24) is 14.9 Å². The molecule has 3 aromatic rings. The predicted octanol–water partition coefficient (Wildman–Crippen LogP) is 3.53. The molecule has 6 nitrogen and oxygen atoms in total. The van der Waals surface area contributed by atoms with Crippen molar-refractivity contribution in [2.24, 2.45) is 0 Å². The predicted molar refractivity (Wildman–Crippen MR) is 108 cm³/mol. The first-order valence-electron chi connectivity index (χ1n) is 9.60. The molecule has 0 radical (unpaired) electrons. The molecule has 4 rings (SSSR count). The lowest BCUT2D eigenvalue weighted by Gasteiger charge is -2.32. The lowest BCUT2D eigenvalue weighted by molar-refractivity contribution is -0.131. The number of piperidine rings is 1. The molecule has 1 aromatic carbocycles. The van der Waals surface area contributed by atoms with E-state index >= 15 is 0 Å². The van der Waals surface area contributed by atoms with E-state index in [1.807, 2.05) is 41.4 Å². The Morgan fingerprint density at radius 3 is 2.71 bits per heavy atom. The van der Waals surface area contributed by atoms with Gasteiger partial charge < -0.3 is 19.4 Å². The fourth-order valence-corrected chi connectivity index (χ4v) is 4.00. The highest BCUT2D eigenvalue weighted by molar-refractivity contribution is 5.80. The Labute approximate surface area is 164 Å². The zero-order valence-electron chi connectivity index (χ0n) is 16.3. The summed E-state index contributed by atoms with van der Waals surface area (Å²) in [6, 6.07) is 9.63. The number of fused-ring (bicyclic) bond motifs is 1. The molecule has 0 atom stereocenters. The van der Waals surface area contributed by atoms with Crippen molar-refractivity contribution in [3.8, 4) is 11.5 Å². The van der Waals surface area contributed by atoms with Gasteiger partial charge in [-0.2, -0.15) is 0 Å². The molecule has 1 fully saturated rings. The molecular weight excluding hydrogens is 354 g/mol. The summed E-state index contributed by atoms with van der Waals surface area (Å²) in [4.78, 5) is 22.6. The first-order valence-corrected chi connectivity index (χ1v) is 9.60. The van der Waals surface area contributed by atoms with Crippen LogP contribution in [0.25, 0.3) is 11.0 Å². The third kappa shape index (κ3) is 3.54. The number of ether oxygens (including phenoxy) is 2. The number of carbonyl (C=O) groups is 1. The van der Waals surface area contributed by atoms with Gasteiger partial charge in [0.05, 0.1) is 31.7 Å². The first kappa shape index (κ1) is 18.3. The number of aromatic nitrogens is 2. The van der Waals surface area contributed by atoms with Crippen molar-refractivity contribution in [3.63, 3.8) is 0 Å². The van der Waals surface area contributed by atoms with Gasteiger partial charge in [0, 0.05) is 25.5 Å². The highest BCUT2D eigenvalue weighted by Gasteiger charge is 2.26. The van der Waals surface area contributed by atoms with Crippen LogP contribution in [0.15, 0.2) is 42.7 Å². The molecule has 1 aliphatic heterocycles. The SMILES string of the molecule is COc1ccc(CC(=O)N2CCC(c3c[nH]c4cccnc34)CC2)cc1OC. The number of hydrogen-bond donors (Lipinski definition) is 1. The number of aromatic amines is 1. The molecule has 6 heteroatoms. The smallest absolute Gasteiger partial charge is 0.226 e. The van der Waals surface area contributed by atoms with Crippen LogP contribution in [0.2, 0.25) is 0 Å². The van der Waals surface area contributed by atoms with Gasteiger partial charge in [0.25, 0.3) is 0 Å². The first-order chi connectivity index (χ1) is 13.7. The Kier molecular flexibility index (Phi) is 5.19. The molecule has 3 heterocycles. The highest BCUT2D eigenvalue weighted by atomic mass is 16.5. The van der Waals surface area contributed by atoms with Crippen LogP contribution in [0.4, 0.5) is 0 Å². The zero-order valence-corrected chi connectivity index (χ0v) is 16.3. The van der Waals surface area contributed by atoms with Crippen molar-refractivity contribution >= 4 is 16.9 Å². The number of rotatable bonds is 5. The largest absolute Gasteiger partial charge is 0.493 e. The van der Waals surface area contributed by atoms with E-state index in [1.54, 1.807) is 14.2 Å². The quantitative estimate of drug-likeness (QED) is 0.736. The molecule has 28 heavy (non-hydrogen) atoms. The summed E-state index contributed by atoms with van der Waals surface area (Å²) >= 11 is 0. The maximum atomic E-state index is 12.8. The molecule has 0 unspecified atom stereocenters. The minimum Gasteiger partial charge on any atom is -0.493 e. The normalized spacial score (nSPS) is 15.0. The summed E-state index contributed by atoms with van der Waals surface area (Å²) in [5, 5.41) is 0. The summed E-state index contributed by atoms with van der Waals surface area (Å²) in [5.74, 6) is 1.92. The van der Waals surface area contributed by atoms with Crippen LogP contribution in [-0.4, -0.2) is 48.1 Å². The highest BCUT2D eigenvalue weighted by Crippen LogP contribution is 2.32. The van der Waals surface area contributed by atoms with Gasteiger partial charge in [0.15, 0.2) is 11.5 Å². The van der Waals surface area contributed by atoms with Crippen molar-refractivity contribution < 1.29 is 14.3 Å². The number of pyridine rings is 1. The Morgan fingerprint density at radius 2 is 1.96 bits per heavy atom. The van der Waals surface area contributed by atoms with Gasteiger partial charge in [-0.15, -0.1) is 0 Å². The second-order valence-electron chi connectivity index (χ2n) is 7.16. The van der Waals surface area contributed by atoms with Crippen molar-refractivity contribution in [1.29, 1.82) is 0 Å².